The molecule has 9 heteroatoms. The highest BCUT2D eigenvalue weighted by atomic mass is 35.5. The van der Waals surface area contributed by atoms with E-state index in [1.165, 1.54) is 0 Å². The van der Waals surface area contributed by atoms with Crippen LogP contribution in [0, 0.1) is 0 Å². The van der Waals surface area contributed by atoms with Crippen LogP contribution in [0.2, 0.25) is 5.02 Å². The SMILES string of the molecule is FC(F)(F)c1cnc(N2CCCC(c3nncn3C3CC3)C2)c(Cl)c1. The van der Waals surface area contributed by atoms with Crippen molar-refractivity contribution in [2.75, 3.05) is 18.0 Å². The lowest BCUT2D eigenvalue weighted by Gasteiger charge is -2.33. The minimum absolute atomic E-state index is 0.0270. The molecule has 5 nitrogen and oxygen atoms in total. The van der Waals surface area contributed by atoms with Gasteiger partial charge < -0.3 is 9.47 Å². The second kappa shape index (κ2) is 6.16. The lowest BCUT2D eigenvalue weighted by atomic mass is 9.97. The van der Waals surface area contributed by atoms with Gasteiger partial charge >= 0.3 is 6.18 Å². The number of hydrogen-bond donors (Lipinski definition) is 0. The van der Waals surface area contributed by atoms with Gasteiger partial charge in [-0.25, -0.2) is 4.98 Å². The first-order valence-corrected chi connectivity index (χ1v) is 8.68. The molecule has 134 valence electrons. The van der Waals surface area contributed by atoms with E-state index in [-0.39, 0.29) is 10.9 Å². The summed E-state index contributed by atoms with van der Waals surface area (Å²) in [6, 6.07) is 1.44. The molecular formula is C16H17ClF3N5. The third kappa shape index (κ3) is 3.31. The van der Waals surface area contributed by atoms with E-state index in [0.29, 0.717) is 24.9 Å². The van der Waals surface area contributed by atoms with Crippen molar-refractivity contribution in [3.8, 4) is 0 Å². The third-order valence-electron chi connectivity index (χ3n) is 4.78. The van der Waals surface area contributed by atoms with E-state index in [1.54, 1.807) is 6.33 Å². The van der Waals surface area contributed by atoms with E-state index in [1.807, 2.05) is 4.90 Å². The highest BCUT2D eigenvalue weighted by Gasteiger charge is 2.34. The van der Waals surface area contributed by atoms with E-state index >= 15 is 0 Å². The molecule has 0 amide bonds. The van der Waals surface area contributed by atoms with Crippen LogP contribution in [0.15, 0.2) is 18.6 Å². The summed E-state index contributed by atoms with van der Waals surface area (Å²) in [7, 11) is 0. The van der Waals surface area contributed by atoms with Crippen molar-refractivity contribution in [2.45, 2.75) is 43.8 Å². The van der Waals surface area contributed by atoms with Crippen LogP contribution in [-0.4, -0.2) is 32.8 Å². The second-order valence-electron chi connectivity index (χ2n) is 6.64. The Morgan fingerprint density at radius 1 is 1.20 bits per heavy atom. The van der Waals surface area contributed by atoms with Crippen molar-refractivity contribution >= 4 is 17.4 Å². The van der Waals surface area contributed by atoms with Crippen LogP contribution in [0.3, 0.4) is 0 Å². The molecule has 0 N–H and O–H groups in total. The Labute approximate surface area is 147 Å². The number of pyridine rings is 1. The minimum Gasteiger partial charge on any atom is -0.355 e. The molecule has 1 aliphatic heterocycles. The predicted molar refractivity (Wildman–Crippen MR) is 86.7 cm³/mol. The van der Waals surface area contributed by atoms with Gasteiger partial charge in [-0.1, -0.05) is 11.6 Å². The van der Waals surface area contributed by atoms with Crippen molar-refractivity contribution in [1.29, 1.82) is 0 Å². The smallest absolute Gasteiger partial charge is 0.355 e. The van der Waals surface area contributed by atoms with Crippen molar-refractivity contribution in [3.63, 3.8) is 0 Å². The molecule has 1 aliphatic carbocycles. The quantitative estimate of drug-likeness (QED) is 0.816. The maximum Gasteiger partial charge on any atom is 0.417 e. The molecule has 0 radical (unpaired) electrons. The Balaban J connectivity index is 1.56. The fourth-order valence-electron chi connectivity index (χ4n) is 3.38. The van der Waals surface area contributed by atoms with Gasteiger partial charge in [-0.15, -0.1) is 10.2 Å². The number of rotatable bonds is 3. The molecule has 1 saturated heterocycles. The van der Waals surface area contributed by atoms with Gasteiger partial charge in [0, 0.05) is 31.2 Å². The second-order valence-corrected chi connectivity index (χ2v) is 7.05. The number of nitrogens with zero attached hydrogens (tertiary/aromatic N) is 5. The molecule has 0 spiro atoms. The summed E-state index contributed by atoms with van der Waals surface area (Å²) >= 11 is 6.10. The average molecular weight is 372 g/mol. The Hall–Kier alpha value is -1.83. The topological polar surface area (TPSA) is 46.8 Å². The molecule has 3 heterocycles. The third-order valence-corrected chi connectivity index (χ3v) is 5.05. The lowest BCUT2D eigenvalue weighted by Crippen LogP contribution is -2.36. The molecule has 1 saturated carbocycles. The van der Waals surface area contributed by atoms with Crippen molar-refractivity contribution < 1.29 is 13.2 Å². The molecule has 2 aromatic rings. The van der Waals surface area contributed by atoms with Crippen LogP contribution in [0.4, 0.5) is 19.0 Å². The number of hydrogen-bond acceptors (Lipinski definition) is 4. The van der Waals surface area contributed by atoms with E-state index in [0.717, 1.165) is 43.8 Å². The summed E-state index contributed by atoms with van der Waals surface area (Å²) in [6.07, 6.45) is 2.34. The summed E-state index contributed by atoms with van der Waals surface area (Å²) in [5.41, 5.74) is -0.830. The molecular weight excluding hydrogens is 355 g/mol. The van der Waals surface area contributed by atoms with Crippen LogP contribution in [0.5, 0.6) is 0 Å². The van der Waals surface area contributed by atoms with E-state index in [4.69, 9.17) is 11.6 Å². The molecule has 0 aromatic carbocycles. The zero-order valence-corrected chi connectivity index (χ0v) is 14.1. The van der Waals surface area contributed by atoms with Gasteiger partial charge in [0.2, 0.25) is 0 Å². The Morgan fingerprint density at radius 2 is 2.00 bits per heavy atom. The minimum atomic E-state index is -4.44. The fraction of sp³-hybridized carbons (Fsp3) is 0.562. The number of anilines is 1. The van der Waals surface area contributed by atoms with E-state index in [9.17, 15) is 13.2 Å². The van der Waals surface area contributed by atoms with Crippen LogP contribution in [-0.2, 0) is 6.18 Å². The number of aromatic nitrogens is 4. The van der Waals surface area contributed by atoms with Gasteiger partial charge in [-0.05, 0) is 31.7 Å². The monoisotopic (exact) mass is 371 g/mol. The summed E-state index contributed by atoms with van der Waals surface area (Å²) in [4.78, 5) is 5.93. The molecule has 2 fully saturated rings. The molecule has 1 unspecified atom stereocenters. The summed E-state index contributed by atoms with van der Waals surface area (Å²) < 4.78 is 40.5. The Morgan fingerprint density at radius 3 is 2.68 bits per heavy atom. The van der Waals surface area contributed by atoms with Gasteiger partial charge in [-0.3, -0.25) is 0 Å². The molecule has 1 atom stereocenters. The zero-order valence-electron chi connectivity index (χ0n) is 13.4. The summed E-state index contributed by atoms with van der Waals surface area (Å²) in [5.74, 6) is 1.53. The summed E-state index contributed by atoms with van der Waals surface area (Å²) in [5, 5.41) is 8.35. The van der Waals surface area contributed by atoms with E-state index < -0.39 is 11.7 Å². The average Bonchev–Trinajstić information content (AvgIpc) is 3.31. The van der Waals surface area contributed by atoms with E-state index in [2.05, 4.69) is 19.7 Å². The van der Waals surface area contributed by atoms with Crippen LogP contribution in [0.1, 0.15) is 49.0 Å². The molecule has 4 rings (SSSR count). The number of halogens is 4. The number of alkyl halides is 3. The first kappa shape index (κ1) is 16.6. The molecule has 25 heavy (non-hydrogen) atoms. The Bertz CT molecular complexity index is 771. The number of piperidine rings is 1. The molecule has 2 aromatic heterocycles. The maximum atomic E-state index is 12.8. The van der Waals surface area contributed by atoms with Gasteiger partial charge in [0.25, 0.3) is 0 Å². The Kier molecular flexibility index (Phi) is 4.10. The van der Waals surface area contributed by atoms with Gasteiger partial charge in [0.05, 0.1) is 10.6 Å². The predicted octanol–water partition coefficient (Wildman–Crippen LogP) is 4.06. The van der Waals surface area contributed by atoms with Crippen molar-refractivity contribution in [3.05, 3.63) is 35.0 Å². The highest BCUT2D eigenvalue weighted by Crippen LogP contribution is 2.39. The van der Waals surface area contributed by atoms with Gasteiger partial charge in [0.1, 0.15) is 18.0 Å². The first-order valence-electron chi connectivity index (χ1n) is 8.30. The molecule has 0 bridgehead atoms. The fourth-order valence-corrected chi connectivity index (χ4v) is 3.66. The van der Waals surface area contributed by atoms with Gasteiger partial charge in [0.15, 0.2) is 0 Å². The lowest BCUT2D eigenvalue weighted by molar-refractivity contribution is -0.137. The van der Waals surface area contributed by atoms with Crippen LogP contribution >= 0.6 is 11.6 Å². The normalized spacial score (nSPS) is 21.6. The largest absolute Gasteiger partial charge is 0.417 e. The van der Waals surface area contributed by atoms with Crippen molar-refractivity contribution in [1.82, 2.24) is 19.7 Å². The standard InChI is InChI=1S/C16H17ClF3N5/c17-13-6-11(16(18,19)20)7-21-15(13)24-5-1-2-10(8-24)14-23-22-9-25(14)12-3-4-12/h6-7,9-10,12H,1-5,8H2. The van der Waals surface area contributed by atoms with Crippen LogP contribution in [0.25, 0.3) is 0 Å². The maximum absolute atomic E-state index is 12.8. The zero-order chi connectivity index (χ0) is 17.6. The van der Waals surface area contributed by atoms with Crippen molar-refractivity contribution in [2.24, 2.45) is 0 Å². The van der Waals surface area contributed by atoms with Crippen LogP contribution < -0.4 is 4.90 Å². The first-order chi connectivity index (χ1) is 11.9. The summed E-state index contributed by atoms with van der Waals surface area (Å²) in [6.45, 7) is 1.34. The van der Waals surface area contributed by atoms with Gasteiger partial charge in [-0.2, -0.15) is 13.2 Å². The highest BCUT2D eigenvalue weighted by molar-refractivity contribution is 6.33. The molecule has 2 aliphatic rings.